The van der Waals surface area contributed by atoms with E-state index in [1.807, 2.05) is 0 Å². The molecule has 8 heteroatoms. The average Bonchev–Trinajstić information content (AvgIpc) is 3.09. The highest BCUT2D eigenvalue weighted by Gasteiger charge is 2.53. The van der Waals surface area contributed by atoms with E-state index >= 15 is 0 Å². The molecule has 2 aliphatic rings. The topological polar surface area (TPSA) is 98.4 Å². The van der Waals surface area contributed by atoms with E-state index in [9.17, 15) is 15.0 Å². The second kappa shape index (κ2) is 4.84. The number of aromatic hydroxyl groups is 1. The molecule has 7 nitrogen and oxygen atoms in total. The number of hydrogen-bond donors (Lipinski definition) is 2. The third kappa shape index (κ3) is 1.69. The Morgan fingerprint density at radius 1 is 1.27 bits per heavy atom. The van der Waals surface area contributed by atoms with E-state index in [0.717, 1.165) is 0 Å². The molecule has 3 aromatic rings. The maximum absolute atomic E-state index is 12.9. The van der Waals surface area contributed by atoms with Crippen LogP contribution in [0.4, 0.5) is 0 Å². The van der Waals surface area contributed by atoms with Gasteiger partial charge >= 0.3 is 0 Å². The van der Waals surface area contributed by atoms with Crippen molar-refractivity contribution in [2.75, 3.05) is 7.11 Å². The van der Waals surface area contributed by atoms with E-state index in [4.69, 9.17) is 30.2 Å². The lowest BCUT2D eigenvalue weighted by Crippen LogP contribution is -2.33. The lowest BCUT2D eigenvalue weighted by Gasteiger charge is -2.18. The Kier molecular flexibility index (Phi) is 2.86. The lowest BCUT2D eigenvalue weighted by atomic mass is 9.93. The van der Waals surface area contributed by atoms with Crippen molar-refractivity contribution in [1.29, 1.82) is 0 Å². The minimum Gasteiger partial charge on any atom is -0.504 e. The van der Waals surface area contributed by atoms with Crippen molar-refractivity contribution in [2.24, 2.45) is 0 Å². The molecule has 2 N–H and O–H groups in total. The van der Waals surface area contributed by atoms with Gasteiger partial charge in [-0.05, 0) is 24.3 Å². The minimum atomic E-state index is -1.67. The smallest absolute Gasteiger partial charge is 0.277 e. The zero-order valence-electron chi connectivity index (χ0n) is 13.3. The van der Waals surface area contributed by atoms with Crippen LogP contribution in [0.3, 0.4) is 0 Å². The molecule has 2 aliphatic heterocycles. The molecule has 0 bridgehead atoms. The van der Waals surface area contributed by atoms with Crippen LogP contribution >= 0.6 is 11.6 Å². The number of rotatable bonds is 1. The summed E-state index contributed by atoms with van der Waals surface area (Å²) in [6, 6.07) is 4.47. The summed E-state index contributed by atoms with van der Waals surface area (Å²) in [7, 11) is 1.40. The van der Waals surface area contributed by atoms with Gasteiger partial charge in [-0.3, -0.25) is 4.79 Å². The van der Waals surface area contributed by atoms with Crippen LogP contribution in [-0.2, 0) is 10.3 Å². The molecular formula is C18H11ClO7. The highest BCUT2D eigenvalue weighted by Crippen LogP contribution is 2.52. The summed E-state index contributed by atoms with van der Waals surface area (Å²) in [5.41, 5.74) is -1.97. The van der Waals surface area contributed by atoms with Gasteiger partial charge in [-0.15, -0.1) is 0 Å². The molecule has 3 heterocycles. The van der Waals surface area contributed by atoms with Gasteiger partial charge in [0.2, 0.25) is 5.43 Å². The van der Waals surface area contributed by atoms with Crippen molar-refractivity contribution in [3.63, 3.8) is 0 Å². The van der Waals surface area contributed by atoms with Crippen molar-refractivity contribution < 1.29 is 28.8 Å². The Morgan fingerprint density at radius 3 is 2.85 bits per heavy atom. The second-order valence-electron chi connectivity index (χ2n) is 6.08. The van der Waals surface area contributed by atoms with Gasteiger partial charge in [0, 0.05) is 0 Å². The molecule has 0 unspecified atom stereocenters. The predicted octanol–water partition coefficient (Wildman–Crippen LogP) is 2.76. The highest BCUT2D eigenvalue weighted by atomic mass is 35.5. The fourth-order valence-electron chi connectivity index (χ4n) is 3.47. The molecule has 2 aromatic carbocycles. The number of benzene rings is 2. The normalized spacial score (nSPS) is 23.0. The molecule has 2 atom stereocenters. The molecule has 132 valence electrons. The van der Waals surface area contributed by atoms with E-state index in [0.29, 0.717) is 0 Å². The third-order valence-corrected chi connectivity index (χ3v) is 5.00. The van der Waals surface area contributed by atoms with E-state index in [2.05, 4.69) is 0 Å². The van der Waals surface area contributed by atoms with Crippen molar-refractivity contribution in [3.05, 3.63) is 51.3 Å². The fourth-order valence-corrected chi connectivity index (χ4v) is 3.69. The lowest BCUT2D eigenvalue weighted by molar-refractivity contribution is -0.110. The fraction of sp³-hybridized carbons (Fsp3) is 0.167. The molecular weight excluding hydrogens is 364 g/mol. The monoisotopic (exact) mass is 374 g/mol. The van der Waals surface area contributed by atoms with Crippen LogP contribution in [0, 0.1) is 0 Å². The van der Waals surface area contributed by atoms with Crippen LogP contribution in [0.25, 0.3) is 21.9 Å². The van der Waals surface area contributed by atoms with Gasteiger partial charge in [0.15, 0.2) is 28.3 Å². The number of aliphatic hydroxyl groups is 1. The SMILES string of the molecule is COc1c(Cl)ccc2c(=O)c3cc4c(c(O)c3oc12)[C@]1(O)C=CO[C@H]1O4. The Morgan fingerprint density at radius 2 is 2.08 bits per heavy atom. The molecule has 26 heavy (non-hydrogen) atoms. The molecule has 0 fully saturated rings. The van der Waals surface area contributed by atoms with Crippen molar-refractivity contribution >= 4 is 33.5 Å². The van der Waals surface area contributed by atoms with Crippen LogP contribution in [-0.4, -0.2) is 23.6 Å². The first-order chi connectivity index (χ1) is 12.5. The van der Waals surface area contributed by atoms with Gasteiger partial charge < -0.3 is 28.8 Å². The number of hydrogen-bond acceptors (Lipinski definition) is 7. The Balaban J connectivity index is 1.94. The van der Waals surface area contributed by atoms with E-state index in [1.54, 1.807) is 0 Å². The van der Waals surface area contributed by atoms with Crippen molar-refractivity contribution in [3.8, 4) is 17.2 Å². The summed E-state index contributed by atoms with van der Waals surface area (Å²) in [5, 5.41) is 22.2. The van der Waals surface area contributed by atoms with Crippen LogP contribution in [0.15, 0.2) is 39.7 Å². The number of halogens is 1. The number of ether oxygens (including phenoxy) is 3. The Bertz CT molecular complexity index is 1200. The van der Waals surface area contributed by atoms with E-state index < -0.39 is 23.1 Å². The van der Waals surface area contributed by atoms with Gasteiger partial charge in [0.05, 0.1) is 34.7 Å². The van der Waals surface area contributed by atoms with Crippen LogP contribution in [0.1, 0.15) is 5.56 Å². The molecule has 0 radical (unpaired) electrons. The number of phenolic OH excluding ortho intramolecular Hbond substituents is 1. The predicted molar refractivity (Wildman–Crippen MR) is 91.8 cm³/mol. The van der Waals surface area contributed by atoms with Gasteiger partial charge in [-0.25, -0.2) is 0 Å². The molecule has 1 aromatic heterocycles. The molecule has 0 spiro atoms. The van der Waals surface area contributed by atoms with Gasteiger partial charge in [-0.1, -0.05) is 11.6 Å². The molecule has 0 saturated carbocycles. The summed E-state index contributed by atoms with van der Waals surface area (Å²) in [5.74, 6) is -0.0712. The molecule has 0 saturated heterocycles. The minimum absolute atomic E-state index is 0.0762. The van der Waals surface area contributed by atoms with Crippen LogP contribution < -0.4 is 14.9 Å². The summed E-state index contributed by atoms with van der Waals surface area (Å²) in [6.45, 7) is 0. The van der Waals surface area contributed by atoms with Crippen molar-refractivity contribution in [1.82, 2.24) is 0 Å². The van der Waals surface area contributed by atoms with E-state index in [1.165, 1.54) is 37.6 Å². The number of methoxy groups -OCH3 is 1. The second-order valence-corrected chi connectivity index (χ2v) is 6.48. The molecule has 0 amide bonds. The first-order valence-electron chi connectivity index (χ1n) is 7.67. The van der Waals surface area contributed by atoms with Gasteiger partial charge in [0.1, 0.15) is 5.75 Å². The maximum atomic E-state index is 12.9. The maximum Gasteiger partial charge on any atom is 0.277 e. The summed E-state index contributed by atoms with van der Waals surface area (Å²) >= 11 is 6.10. The zero-order chi connectivity index (χ0) is 18.2. The summed E-state index contributed by atoms with van der Waals surface area (Å²) in [6.07, 6.45) is 1.62. The van der Waals surface area contributed by atoms with E-state index in [-0.39, 0.29) is 44.0 Å². The number of phenols is 1. The molecule has 5 rings (SSSR count). The van der Waals surface area contributed by atoms with Crippen LogP contribution in [0.2, 0.25) is 5.02 Å². The summed E-state index contributed by atoms with van der Waals surface area (Å²) < 4.78 is 21.7. The Labute approximate surface area is 150 Å². The van der Waals surface area contributed by atoms with Gasteiger partial charge in [0.25, 0.3) is 6.29 Å². The highest BCUT2D eigenvalue weighted by molar-refractivity contribution is 6.33. The third-order valence-electron chi connectivity index (χ3n) is 4.70. The first kappa shape index (κ1) is 15.4. The quantitative estimate of drug-likeness (QED) is 0.632. The standard InChI is InChI=1S/C18H11ClO7/c1-23-16-9(19)3-2-7-12(20)8-6-10-11(13(21)14(8)26-15(7)16)18(22)4-5-24-17(18)25-10/h2-6,17,21-22H,1H3/t17-,18+/m0/s1. The largest absolute Gasteiger partial charge is 0.504 e. The zero-order valence-corrected chi connectivity index (χ0v) is 14.0. The summed E-state index contributed by atoms with van der Waals surface area (Å²) in [4.78, 5) is 12.9. The van der Waals surface area contributed by atoms with Gasteiger partial charge in [-0.2, -0.15) is 0 Å². The van der Waals surface area contributed by atoms with Crippen LogP contribution in [0.5, 0.6) is 17.2 Å². The first-order valence-corrected chi connectivity index (χ1v) is 8.05. The number of fused-ring (bicyclic) bond motifs is 5. The molecule has 0 aliphatic carbocycles. The Hall–Kier alpha value is -2.90. The van der Waals surface area contributed by atoms with Crippen molar-refractivity contribution in [2.45, 2.75) is 11.9 Å². The average molecular weight is 375 g/mol.